The fourth-order valence-corrected chi connectivity index (χ4v) is 3.44. The fraction of sp³-hybridized carbons (Fsp3) is 0.480. The van der Waals surface area contributed by atoms with Gasteiger partial charge in [0.1, 0.15) is 5.75 Å². The van der Waals surface area contributed by atoms with E-state index in [4.69, 9.17) is 4.74 Å². The van der Waals surface area contributed by atoms with Crippen molar-refractivity contribution in [2.45, 2.75) is 77.0 Å². The van der Waals surface area contributed by atoms with E-state index in [-0.39, 0.29) is 11.9 Å². The number of esters is 1. The Balaban J connectivity index is 1.78. The molecular weight excluding hydrogens is 332 g/mol. The lowest BCUT2D eigenvalue weighted by Gasteiger charge is -2.16. The summed E-state index contributed by atoms with van der Waals surface area (Å²) < 4.78 is 5.63. The first-order valence-corrected chi connectivity index (χ1v) is 10.6. The average Bonchev–Trinajstić information content (AvgIpc) is 2.71. The maximum Gasteiger partial charge on any atom is 0.318 e. The van der Waals surface area contributed by atoms with Crippen LogP contribution in [0.4, 0.5) is 0 Å². The first kappa shape index (κ1) is 21.2. The second kappa shape index (κ2) is 13.1. The third kappa shape index (κ3) is 8.43. The summed E-state index contributed by atoms with van der Waals surface area (Å²) >= 11 is 0. The van der Waals surface area contributed by atoms with E-state index in [2.05, 4.69) is 6.92 Å². The molecule has 1 atom stereocenters. The smallest absolute Gasteiger partial charge is 0.318 e. The number of hydrogen-bond donors (Lipinski definition) is 0. The predicted molar refractivity (Wildman–Crippen MR) is 113 cm³/mol. The van der Waals surface area contributed by atoms with Crippen molar-refractivity contribution in [2.24, 2.45) is 0 Å². The molecule has 2 aromatic rings. The van der Waals surface area contributed by atoms with E-state index in [1.54, 1.807) is 0 Å². The van der Waals surface area contributed by atoms with Crippen LogP contribution >= 0.6 is 0 Å². The molecule has 0 aliphatic rings. The molecule has 0 radical (unpaired) electrons. The van der Waals surface area contributed by atoms with Gasteiger partial charge in [0.25, 0.3) is 0 Å². The van der Waals surface area contributed by atoms with Gasteiger partial charge in [-0.05, 0) is 24.1 Å². The summed E-state index contributed by atoms with van der Waals surface area (Å²) in [5.41, 5.74) is 1.05. The van der Waals surface area contributed by atoms with Crippen molar-refractivity contribution in [3.63, 3.8) is 0 Å². The van der Waals surface area contributed by atoms with Gasteiger partial charge in [-0.2, -0.15) is 0 Å². The molecular formula is C25H34O2. The lowest BCUT2D eigenvalue weighted by atomic mass is 9.93. The highest BCUT2D eigenvalue weighted by atomic mass is 16.5. The SMILES string of the molecule is CCCCCCCCCCCC(C(=O)Oc1ccccc1)c1ccccc1. The molecule has 27 heavy (non-hydrogen) atoms. The van der Waals surface area contributed by atoms with Crippen LogP contribution in [0.3, 0.4) is 0 Å². The second-order valence-electron chi connectivity index (χ2n) is 7.31. The summed E-state index contributed by atoms with van der Waals surface area (Å²) in [6, 6.07) is 19.4. The maximum absolute atomic E-state index is 12.8. The zero-order valence-electron chi connectivity index (χ0n) is 16.7. The molecule has 2 rings (SSSR count). The van der Waals surface area contributed by atoms with Gasteiger partial charge in [-0.15, -0.1) is 0 Å². The molecule has 0 saturated heterocycles. The van der Waals surface area contributed by atoms with E-state index >= 15 is 0 Å². The van der Waals surface area contributed by atoms with Gasteiger partial charge in [-0.25, -0.2) is 0 Å². The molecule has 0 aromatic heterocycles. The molecule has 0 aliphatic heterocycles. The Kier molecular flexibility index (Phi) is 10.3. The number of hydrogen-bond acceptors (Lipinski definition) is 2. The summed E-state index contributed by atoms with van der Waals surface area (Å²) in [5, 5.41) is 0. The van der Waals surface area contributed by atoms with Crippen LogP contribution in [0.2, 0.25) is 0 Å². The Morgan fingerprint density at radius 2 is 1.26 bits per heavy atom. The zero-order valence-corrected chi connectivity index (χ0v) is 16.7. The highest BCUT2D eigenvalue weighted by molar-refractivity contribution is 5.80. The molecule has 0 saturated carbocycles. The van der Waals surface area contributed by atoms with Crippen LogP contribution in [0.5, 0.6) is 5.75 Å². The van der Waals surface area contributed by atoms with Gasteiger partial charge < -0.3 is 4.74 Å². The van der Waals surface area contributed by atoms with Crippen LogP contribution in [0.1, 0.15) is 82.6 Å². The monoisotopic (exact) mass is 366 g/mol. The maximum atomic E-state index is 12.8. The van der Waals surface area contributed by atoms with Crippen LogP contribution < -0.4 is 4.74 Å². The van der Waals surface area contributed by atoms with Crippen LogP contribution in [-0.4, -0.2) is 5.97 Å². The first-order valence-electron chi connectivity index (χ1n) is 10.6. The first-order chi connectivity index (χ1) is 13.3. The van der Waals surface area contributed by atoms with Crippen molar-refractivity contribution in [1.29, 1.82) is 0 Å². The van der Waals surface area contributed by atoms with Gasteiger partial charge in [0.05, 0.1) is 5.92 Å². The third-order valence-electron chi connectivity index (χ3n) is 5.04. The van der Waals surface area contributed by atoms with Crippen LogP contribution in [0, 0.1) is 0 Å². The fourth-order valence-electron chi connectivity index (χ4n) is 3.44. The van der Waals surface area contributed by atoms with E-state index in [0.717, 1.165) is 18.4 Å². The van der Waals surface area contributed by atoms with E-state index in [0.29, 0.717) is 5.75 Å². The number of para-hydroxylation sites is 1. The van der Waals surface area contributed by atoms with E-state index in [9.17, 15) is 4.79 Å². The van der Waals surface area contributed by atoms with E-state index < -0.39 is 0 Å². The number of benzene rings is 2. The molecule has 1 unspecified atom stereocenters. The minimum Gasteiger partial charge on any atom is -0.426 e. The Morgan fingerprint density at radius 1 is 0.741 bits per heavy atom. The Bertz CT molecular complexity index is 621. The summed E-state index contributed by atoms with van der Waals surface area (Å²) in [6.45, 7) is 2.26. The Morgan fingerprint density at radius 3 is 1.85 bits per heavy atom. The molecule has 0 spiro atoms. The lowest BCUT2D eigenvalue weighted by molar-refractivity contribution is -0.136. The van der Waals surface area contributed by atoms with Crippen molar-refractivity contribution in [1.82, 2.24) is 0 Å². The molecule has 2 aromatic carbocycles. The van der Waals surface area contributed by atoms with Crippen LogP contribution in [0.25, 0.3) is 0 Å². The summed E-state index contributed by atoms with van der Waals surface area (Å²) in [5.74, 6) is 0.290. The molecule has 2 nitrogen and oxygen atoms in total. The van der Waals surface area contributed by atoms with Gasteiger partial charge in [0.2, 0.25) is 0 Å². The minimum absolute atomic E-state index is 0.146. The summed E-state index contributed by atoms with van der Waals surface area (Å²) in [6.07, 6.45) is 12.4. The van der Waals surface area contributed by atoms with Gasteiger partial charge in [-0.3, -0.25) is 4.79 Å². The Labute approximate surface area is 165 Å². The van der Waals surface area contributed by atoms with E-state index in [1.165, 1.54) is 51.4 Å². The predicted octanol–water partition coefficient (Wildman–Crippen LogP) is 7.30. The van der Waals surface area contributed by atoms with Crippen molar-refractivity contribution in [3.05, 3.63) is 66.2 Å². The number of carbonyl (C=O) groups is 1. The second-order valence-corrected chi connectivity index (χ2v) is 7.31. The number of carbonyl (C=O) groups excluding carboxylic acids is 1. The third-order valence-corrected chi connectivity index (χ3v) is 5.04. The zero-order chi connectivity index (χ0) is 19.2. The van der Waals surface area contributed by atoms with Crippen molar-refractivity contribution in [2.75, 3.05) is 0 Å². The quantitative estimate of drug-likeness (QED) is 0.211. The molecule has 0 heterocycles. The number of ether oxygens (including phenoxy) is 1. The highest BCUT2D eigenvalue weighted by Gasteiger charge is 2.22. The Hall–Kier alpha value is -2.09. The number of unbranched alkanes of at least 4 members (excludes halogenated alkanes) is 8. The lowest BCUT2D eigenvalue weighted by Crippen LogP contribution is -2.19. The largest absolute Gasteiger partial charge is 0.426 e. The van der Waals surface area contributed by atoms with Crippen molar-refractivity contribution < 1.29 is 9.53 Å². The molecule has 146 valence electrons. The molecule has 2 heteroatoms. The van der Waals surface area contributed by atoms with E-state index in [1.807, 2.05) is 60.7 Å². The highest BCUT2D eigenvalue weighted by Crippen LogP contribution is 2.25. The van der Waals surface area contributed by atoms with Gasteiger partial charge in [0, 0.05) is 0 Å². The normalized spacial score (nSPS) is 11.9. The molecule has 0 N–H and O–H groups in total. The molecule has 0 aliphatic carbocycles. The molecule has 0 fully saturated rings. The molecule has 0 bridgehead atoms. The summed E-state index contributed by atoms with van der Waals surface area (Å²) in [7, 11) is 0. The average molecular weight is 367 g/mol. The van der Waals surface area contributed by atoms with Gasteiger partial charge >= 0.3 is 5.97 Å². The summed E-state index contributed by atoms with van der Waals surface area (Å²) in [4.78, 5) is 12.8. The number of rotatable bonds is 13. The van der Waals surface area contributed by atoms with Crippen LogP contribution in [-0.2, 0) is 4.79 Å². The topological polar surface area (TPSA) is 26.3 Å². The standard InChI is InChI=1S/C25H34O2/c1-2-3-4-5-6-7-8-9-16-21-24(22-17-12-10-13-18-22)25(26)27-23-19-14-11-15-20-23/h10-15,17-20,24H,2-9,16,21H2,1H3. The van der Waals surface area contributed by atoms with Crippen molar-refractivity contribution >= 4 is 5.97 Å². The van der Waals surface area contributed by atoms with Crippen molar-refractivity contribution in [3.8, 4) is 5.75 Å². The van der Waals surface area contributed by atoms with Gasteiger partial charge in [-0.1, -0.05) is 113 Å². The van der Waals surface area contributed by atoms with Gasteiger partial charge in [0.15, 0.2) is 0 Å². The van der Waals surface area contributed by atoms with Crippen LogP contribution in [0.15, 0.2) is 60.7 Å². The minimum atomic E-state index is -0.184. The molecule has 0 amide bonds.